The highest BCUT2D eigenvalue weighted by Crippen LogP contribution is 2.23. The van der Waals surface area contributed by atoms with Crippen LogP contribution in [0.5, 0.6) is 0 Å². The molecule has 0 atom stereocenters. The van der Waals surface area contributed by atoms with Gasteiger partial charge in [-0.1, -0.05) is 12.1 Å². The van der Waals surface area contributed by atoms with E-state index < -0.39 is 9.73 Å². The summed E-state index contributed by atoms with van der Waals surface area (Å²) >= 11 is 0. The number of hydrogen-bond donors (Lipinski definition) is 3. The topological polar surface area (TPSA) is 147 Å². The predicted octanol–water partition coefficient (Wildman–Crippen LogP) is 2.87. The van der Waals surface area contributed by atoms with Gasteiger partial charge in [-0.05, 0) is 24.3 Å². The molecule has 13 heteroatoms. The number of hydrogen-bond acceptors (Lipinski definition) is 11. The Balaban J connectivity index is 1.58. The van der Waals surface area contributed by atoms with Crippen LogP contribution < -0.4 is 20.9 Å². The van der Waals surface area contributed by atoms with Crippen LogP contribution >= 0.6 is 0 Å². The van der Waals surface area contributed by atoms with Crippen molar-refractivity contribution in [3.8, 4) is 0 Å². The Morgan fingerprint density at radius 2 is 1.95 bits per heavy atom. The maximum atomic E-state index is 12.7. The lowest BCUT2D eigenvalue weighted by Gasteiger charge is -2.27. The van der Waals surface area contributed by atoms with Crippen LogP contribution in [0.2, 0.25) is 0 Å². The van der Waals surface area contributed by atoms with Gasteiger partial charge in [-0.15, -0.1) is 6.58 Å². The quantitative estimate of drug-likeness (QED) is 0.358. The number of ether oxygens (including phenoxy) is 1. The van der Waals surface area contributed by atoms with E-state index in [4.69, 9.17) is 4.74 Å². The van der Waals surface area contributed by atoms with Gasteiger partial charge in [-0.3, -0.25) is 4.79 Å². The van der Waals surface area contributed by atoms with E-state index >= 15 is 0 Å². The van der Waals surface area contributed by atoms with Crippen LogP contribution in [0.25, 0.3) is 0 Å². The summed E-state index contributed by atoms with van der Waals surface area (Å²) in [6, 6.07) is 8.87. The standard InChI is InChI=1S/C24H29N9O3S/c1-4-10-25-23(34)18-16-27-24(28-17-8-9-21(26-15-17)33-11-13-36-14-12-33)31-22(18)30-19-6-5-7-20(29-19)32-37(2,3)35/h4-9,15-16H,1,10-14H2,2-3H3,(H,25,34)(H2,27,28,29,30,31). The molecule has 1 saturated heterocycles. The smallest absolute Gasteiger partial charge is 0.256 e. The molecule has 0 unspecified atom stereocenters. The highest BCUT2D eigenvalue weighted by molar-refractivity contribution is 7.92. The Labute approximate surface area is 215 Å². The fraction of sp³-hybridized carbons (Fsp3) is 0.292. The summed E-state index contributed by atoms with van der Waals surface area (Å²) in [5.74, 6) is 1.66. The van der Waals surface area contributed by atoms with Gasteiger partial charge in [-0.2, -0.15) is 9.35 Å². The average molecular weight is 524 g/mol. The van der Waals surface area contributed by atoms with Crippen molar-refractivity contribution in [1.29, 1.82) is 0 Å². The summed E-state index contributed by atoms with van der Waals surface area (Å²) in [6.07, 6.45) is 7.76. The van der Waals surface area contributed by atoms with E-state index in [9.17, 15) is 9.00 Å². The summed E-state index contributed by atoms with van der Waals surface area (Å²) in [7, 11) is -2.39. The van der Waals surface area contributed by atoms with E-state index in [1.165, 1.54) is 18.7 Å². The number of carbonyl (C=O) groups excluding carboxylic acids is 1. The van der Waals surface area contributed by atoms with E-state index in [2.05, 4.69) is 51.7 Å². The maximum absolute atomic E-state index is 12.7. The first kappa shape index (κ1) is 26.0. The lowest BCUT2D eigenvalue weighted by Crippen LogP contribution is -2.36. The van der Waals surface area contributed by atoms with Gasteiger partial charge in [0.2, 0.25) is 5.95 Å². The molecule has 1 fully saturated rings. The van der Waals surface area contributed by atoms with E-state index in [-0.39, 0.29) is 29.8 Å². The number of anilines is 5. The molecular weight excluding hydrogens is 494 g/mol. The molecule has 3 N–H and O–H groups in total. The van der Waals surface area contributed by atoms with Crippen LogP contribution in [-0.4, -0.2) is 75.4 Å². The van der Waals surface area contributed by atoms with Crippen molar-refractivity contribution in [2.24, 2.45) is 4.36 Å². The van der Waals surface area contributed by atoms with E-state index in [0.717, 1.165) is 18.9 Å². The van der Waals surface area contributed by atoms with Crippen LogP contribution in [0.3, 0.4) is 0 Å². The molecule has 1 amide bonds. The van der Waals surface area contributed by atoms with Gasteiger partial charge < -0.3 is 25.6 Å². The van der Waals surface area contributed by atoms with Gasteiger partial charge in [0.1, 0.15) is 23.0 Å². The van der Waals surface area contributed by atoms with E-state index in [0.29, 0.717) is 30.5 Å². The molecule has 1 aliphatic rings. The fourth-order valence-electron chi connectivity index (χ4n) is 3.42. The molecule has 0 radical (unpaired) electrons. The number of morpholine rings is 1. The van der Waals surface area contributed by atoms with E-state index in [1.54, 1.807) is 30.5 Å². The summed E-state index contributed by atoms with van der Waals surface area (Å²) in [6.45, 7) is 6.86. The van der Waals surface area contributed by atoms with Crippen molar-refractivity contribution in [3.05, 3.63) is 60.9 Å². The molecule has 0 bridgehead atoms. The first-order valence-corrected chi connectivity index (χ1v) is 13.9. The molecule has 3 aromatic heterocycles. The largest absolute Gasteiger partial charge is 0.378 e. The molecule has 12 nitrogen and oxygen atoms in total. The number of nitrogens with zero attached hydrogens (tertiary/aromatic N) is 6. The van der Waals surface area contributed by atoms with Crippen molar-refractivity contribution in [2.45, 2.75) is 0 Å². The molecule has 37 heavy (non-hydrogen) atoms. The molecule has 4 heterocycles. The average Bonchev–Trinajstić information content (AvgIpc) is 2.88. The SMILES string of the molecule is C=CCNC(=O)c1cnc(Nc2ccc(N3CCOCC3)nc2)nc1Nc1cccc(N=S(C)(C)=O)n1. The Kier molecular flexibility index (Phi) is 8.25. The number of carbonyl (C=O) groups is 1. The summed E-state index contributed by atoms with van der Waals surface area (Å²) in [4.78, 5) is 32.6. The summed E-state index contributed by atoms with van der Waals surface area (Å²) in [5.41, 5.74) is 0.901. The highest BCUT2D eigenvalue weighted by atomic mass is 32.2. The van der Waals surface area contributed by atoms with Crippen molar-refractivity contribution < 1.29 is 13.7 Å². The van der Waals surface area contributed by atoms with Gasteiger partial charge in [0.25, 0.3) is 5.91 Å². The third kappa shape index (κ3) is 7.44. The zero-order valence-electron chi connectivity index (χ0n) is 20.7. The summed E-state index contributed by atoms with van der Waals surface area (Å²) < 4.78 is 21.6. The normalized spacial score (nSPS) is 13.5. The van der Waals surface area contributed by atoms with Crippen LogP contribution in [0.4, 0.5) is 34.9 Å². The minimum atomic E-state index is -2.39. The monoisotopic (exact) mass is 523 g/mol. The Morgan fingerprint density at radius 3 is 2.65 bits per heavy atom. The van der Waals surface area contributed by atoms with Crippen LogP contribution in [0, 0.1) is 0 Å². The molecular formula is C24H29N9O3S. The number of aromatic nitrogens is 4. The molecule has 4 rings (SSSR count). The molecule has 194 valence electrons. The van der Waals surface area contributed by atoms with Gasteiger partial charge in [0.05, 0.1) is 25.1 Å². The van der Waals surface area contributed by atoms with Crippen molar-refractivity contribution >= 4 is 50.5 Å². The maximum Gasteiger partial charge on any atom is 0.256 e. The lowest BCUT2D eigenvalue weighted by molar-refractivity contribution is 0.0958. The molecule has 1 aliphatic heterocycles. The third-order valence-electron chi connectivity index (χ3n) is 5.07. The number of amides is 1. The third-order valence-corrected chi connectivity index (χ3v) is 5.70. The fourth-order valence-corrected chi connectivity index (χ4v) is 3.97. The first-order valence-electron chi connectivity index (χ1n) is 11.5. The Morgan fingerprint density at radius 1 is 1.14 bits per heavy atom. The zero-order chi connectivity index (χ0) is 26.3. The van der Waals surface area contributed by atoms with Crippen LogP contribution in [0.15, 0.2) is 59.7 Å². The highest BCUT2D eigenvalue weighted by Gasteiger charge is 2.16. The number of nitrogens with one attached hydrogen (secondary N) is 3. The van der Waals surface area contributed by atoms with Crippen LogP contribution in [-0.2, 0) is 14.5 Å². The van der Waals surface area contributed by atoms with Gasteiger partial charge >= 0.3 is 0 Å². The predicted molar refractivity (Wildman–Crippen MR) is 145 cm³/mol. The summed E-state index contributed by atoms with van der Waals surface area (Å²) in [5, 5.41) is 8.90. The second-order valence-corrected chi connectivity index (χ2v) is 10.9. The number of pyridine rings is 2. The zero-order valence-corrected chi connectivity index (χ0v) is 21.5. The molecule has 0 aromatic carbocycles. The second kappa shape index (κ2) is 11.8. The number of rotatable bonds is 9. The van der Waals surface area contributed by atoms with Crippen LogP contribution in [0.1, 0.15) is 10.4 Å². The molecule has 0 aliphatic carbocycles. The molecule has 0 saturated carbocycles. The van der Waals surface area contributed by atoms with Crippen molar-refractivity contribution in [2.75, 3.05) is 60.9 Å². The van der Waals surface area contributed by atoms with Gasteiger partial charge in [0, 0.05) is 48.1 Å². The van der Waals surface area contributed by atoms with Crippen molar-refractivity contribution in [3.63, 3.8) is 0 Å². The second-order valence-electron chi connectivity index (χ2n) is 8.36. The minimum absolute atomic E-state index is 0.215. The van der Waals surface area contributed by atoms with E-state index in [1.807, 2.05) is 12.1 Å². The minimum Gasteiger partial charge on any atom is -0.378 e. The van der Waals surface area contributed by atoms with Gasteiger partial charge in [0.15, 0.2) is 5.82 Å². The first-order chi connectivity index (χ1) is 17.8. The molecule has 0 spiro atoms. The lowest BCUT2D eigenvalue weighted by atomic mass is 10.2. The van der Waals surface area contributed by atoms with Gasteiger partial charge in [-0.25, -0.2) is 19.2 Å². The molecule has 3 aromatic rings. The Bertz CT molecular complexity index is 1370. The van der Waals surface area contributed by atoms with Crippen molar-refractivity contribution in [1.82, 2.24) is 25.3 Å². The Hall–Kier alpha value is -4.10.